The summed E-state index contributed by atoms with van der Waals surface area (Å²) in [6.07, 6.45) is 4.10. The Morgan fingerprint density at radius 2 is 2.07 bits per heavy atom. The van der Waals surface area contributed by atoms with Gasteiger partial charge in [0.15, 0.2) is 5.17 Å². The van der Waals surface area contributed by atoms with Crippen molar-refractivity contribution >= 4 is 51.4 Å². The third kappa shape index (κ3) is 4.32. The van der Waals surface area contributed by atoms with Gasteiger partial charge in [0.05, 0.1) is 10.9 Å². The van der Waals surface area contributed by atoms with Crippen molar-refractivity contribution in [3.63, 3.8) is 0 Å². The van der Waals surface area contributed by atoms with Gasteiger partial charge in [-0.25, -0.2) is 0 Å². The van der Waals surface area contributed by atoms with Crippen LogP contribution in [-0.4, -0.2) is 38.7 Å². The van der Waals surface area contributed by atoms with Crippen molar-refractivity contribution in [2.45, 2.75) is 13.3 Å². The molecule has 7 nitrogen and oxygen atoms in total. The second-order valence-electron chi connectivity index (χ2n) is 5.45. The number of hydrogen-bond donors (Lipinski definition) is 0. The molecule has 2 heterocycles. The van der Waals surface area contributed by atoms with Crippen molar-refractivity contribution in [3.05, 3.63) is 58.0 Å². The Balaban J connectivity index is 1.89. The molecule has 0 N–H and O–H groups in total. The standard InChI is InChI=1S/C18H16N4O3S2/c1-3-9-22-15(23)13(10-11-5-7-12(8-6-11)16(24)25)26-18(22)19-17-21-20-14(4-2)27-17/h3,5-8,10H,1,4,9H2,2H3,(H,24,25)/p-1/b13-10+,19-18?. The molecule has 0 unspecified atom stereocenters. The van der Waals surface area contributed by atoms with Gasteiger partial charge in [0.2, 0.25) is 5.13 Å². The fourth-order valence-electron chi connectivity index (χ4n) is 2.26. The summed E-state index contributed by atoms with van der Waals surface area (Å²) >= 11 is 2.62. The maximum atomic E-state index is 12.7. The number of aromatic nitrogens is 2. The molecule has 3 rings (SSSR count). The maximum absolute atomic E-state index is 12.7. The minimum atomic E-state index is -1.24. The minimum Gasteiger partial charge on any atom is -0.545 e. The van der Waals surface area contributed by atoms with Gasteiger partial charge in [-0.2, -0.15) is 4.99 Å². The molecular formula is C18H15N4O3S2-. The van der Waals surface area contributed by atoms with Gasteiger partial charge in [-0.15, -0.1) is 16.8 Å². The average Bonchev–Trinajstić information content (AvgIpc) is 3.22. The topological polar surface area (TPSA) is 98.6 Å². The highest BCUT2D eigenvalue weighted by atomic mass is 32.2. The molecule has 0 bridgehead atoms. The molecule has 1 saturated heterocycles. The van der Waals surface area contributed by atoms with Gasteiger partial charge in [0, 0.05) is 6.54 Å². The first-order valence-corrected chi connectivity index (χ1v) is 9.70. The van der Waals surface area contributed by atoms with Crippen LogP contribution in [0, 0.1) is 0 Å². The number of carbonyl (C=O) groups excluding carboxylic acids is 2. The zero-order valence-electron chi connectivity index (χ0n) is 14.4. The van der Waals surface area contributed by atoms with Gasteiger partial charge in [-0.3, -0.25) is 9.69 Å². The van der Waals surface area contributed by atoms with E-state index in [1.165, 1.54) is 40.1 Å². The molecule has 0 atom stereocenters. The number of aryl methyl sites for hydroxylation is 1. The quantitative estimate of drug-likeness (QED) is 0.546. The number of carbonyl (C=O) groups is 2. The molecule has 2 aromatic rings. The Hall–Kier alpha value is -2.78. The highest BCUT2D eigenvalue weighted by molar-refractivity contribution is 8.18. The molecule has 9 heteroatoms. The van der Waals surface area contributed by atoms with Crippen LogP contribution in [0.2, 0.25) is 0 Å². The van der Waals surface area contributed by atoms with Crippen molar-refractivity contribution in [2.24, 2.45) is 4.99 Å². The number of amidine groups is 1. The predicted octanol–water partition coefficient (Wildman–Crippen LogP) is 2.25. The molecule has 27 heavy (non-hydrogen) atoms. The van der Waals surface area contributed by atoms with E-state index in [4.69, 9.17) is 0 Å². The van der Waals surface area contributed by atoms with E-state index >= 15 is 0 Å². The summed E-state index contributed by atoms with van der Waals surface area (Å²) in [5, 5.41) is 20.8. The number of carboxylic acids is 1. The van der Waals surface area contributed by atoms with Gasteiger partial charge in [-0.1, -0.05) is 48.6 Å². The molecule has 0 spiro atoms. The summed E-state index contributed by atoms with van der Waals surface area (Å²) in [6.45, 7) is 6.00. The Labute approximate surface area is 164 Å². The lowest BCUT2D eigenvalue weighted by molar-refractivity contribution is -0.255. The molecule has 1 aliphatic rings. The van der Waals surface area contributed by atoms with Gasteiger partial charge < -0.3 is 9.90 Å². The molecule has 1 aromatic heterocycles. The van der Waals surface area contributed by atoms with Crippen molar-refractivity contribution in [2.75, 3.05) is 6.54 Å². The molecule has 1 amide bonds. The number of aliphatic imine (C=N–C) groups is 1. The molecule has 1 aliphatic heterocycles. The summed E-state index contributed by atoms with van der Waals surface area (Å²) in [5.41, 5.74) is 0.793. The minimum absolute atomic E-state index is 0.0843. The van der Waals surface area contributed by atoms with E-state index in [0.717, 1.165) is 11.4 Å². The fourth-order valence-corrected chi connectivity index (χ4v) is 3.96. The average molecular weight is 399 g/mol. The first kappa shape index (κ1) is 19.0. The number of aromatic carboxylic acids is 1. The van der Waals surface area contributed by atoms with E-state index in [2.05, 4.69) is 21.8 Å². The smallest absolute Gasteiger partial charge is 0.267 e. The number of carboxylic acid groups (broad SMARTS) is 1. The lowest BCUT2D eigenvalue weighted by atomic mass is 10.1. The van der Waals surface area contributed by atoms with Gasteiger partial charge in [0.25, 0.3) is 5.91 Å². The highest BCUT2D eigenvalue weighted by Crippen LogP contribution is 2.34. The van der Waals surface area contributed by atoms with Crippen LogP contribution in [0.1, 0.15) is 27.9 Å². The second kappa shape index (κ2) is 8.28. The summed E-state index contributed by atoms with van der Waals surface area (Å²) in [4.78, 5) is 30.0. The molecule has 0 aliphatic carbocycles. The zero-order chi connectivity index (χ0) is 19.4. The van der Waals surface area contributed by atoms with Crippen LogP contribution in [0.4, 0.5) is 5.13 Å². The van der Waals surface area contributed by atoms with Gasteiger partial charge in [-0.05, 0) is 35.4 Å². The second-order valence-corrected chi connectivity index (χ2v) is 7.50. The number of rotatable bonds is 6. The fraction of sp³-hybridized carbons (Fsp3) is 0.167. The van der Waals surface area contributed by atoms with E-state index in [0.29, 0.717) is 27.3 Å². The monoisotopic (exact) mass is 399 g/mol. The third-order valence-corrected chi connectivity index (χ3v) is 5.56. The summed E-state index contributed by atoms with van der Waals surface area (Å²) in [5.74, 6) is -1.43. The van der Waals surface area contributed by atoms with E-state index in [1.807, 2.05) is 6.92 Å². The number of hydrogen-bond acceptors (Lipinski definition) is 8. The summed E-state index contributed by atoms with van der Waals surface area (Å²) in [6, 6.07) is 6.13. The van der Waals surface area contributed by atoms with Crippen molar-refractivity contribution < 1.29 is 14.7 Å². The zero-order valence-corrected chi connectivity index (χ0v) is 16.0. The van der Waals surface area contributed by atoms with Crippen LogP contribution < -0.4 is 5.11 Å². The van der Waals surface area contributed by atoms with Crippen LogP contribution in [0.25, 0.3) is 6.08 Å². The Bertz CT molecular complexity index is 948. The van der Waals surface area contributed by atoms with Crippen molar-refractivity contribution in [3.8, 4) is 0 Å². The predicted molar refractivity (Wildman–Crippen MR) is 105 cm³/mol. The summed E-state index contributed by atoms with van der Waals surface area (Å²) in [7, 11) is 0. The normalized spacial score (nSPS) is 17.1. The third-order valence-electron chi connectivity index (χ3n) is 3.59. The lowest BCUT2D eigenvalue weighted by Gasteiger charge is -2.11. The molecule has 138 valence electrons. The largest absolute Gasteiger partial charge is 0.545 e. The van der Waals surface area contributed by atoms with E-state index in [1.54, 1.807) is 24.3 Å². The molecule has 1 aromatic carbocycles. The summed E-state index contributed by atoms with van der Waals surface area (Å²) < 4.78 is 0. The van der Waals surface area contributed by atoms with Crippen LogP contribution >= 0.6 is 23.1 Å². The Kier molecular flexibility index (Phi) is 5.82. The van der Waals surface area contributed by atoms with Gasteiger partial charge in [0.1, 0.15) is 5.01 Å². The number of thioether (sulfide) groups is 1. The molecular weight excluding hydrogens is 384 g/mol. The van der Waals surface area contributed by atoms with E-state index in [9.17, 15) is 14.7 Å². The number of amides is 1. The molecule has 0 saturated carbocycles. The van der Waals surface area contributed by atoms with Crippen LogP contribution in [0.15, 0.2) is 46.8 Å². The maximum Gasteiger partial charge on any atom is 0.267 e. The first-order valence-electron chi connectivity index (χ1n) is 8.06. The van der Waals surface area contributed by atoms with Crippen molar-refractivity contribution in [1.82, 2.24) is 15.1 Å². The van der Waals surface area contributed by atoms with Crippen LogP contribution in [-0.2, 0) is 11.2 Å². The first-order chi connectivity index (χ1) is 13.0. The van der Waals surface area contributed by atoms with E-state index in [-0.39, 0.29) is 11.5 Å². The van der Waals surface area contributed by atoms with Crippen LogP contribution in [0.5, 0.6) is 0 Å². The molecule has 1 fully saturated rings. The number of benzene rings is 1. The van der Waals surface area contributed by atoms with Gasteiger partial charge >= 0.3 is 0 Å². The lowest BCUT2D eigenvalue weighted by Crippen LogP contribution is -2.29. The molecule has 0 radical (unpaired) electrons. The highest BCUT2D eigenvalue weighted by Gasteiger charge is 2.32. The van der Waals surface area contributed by atoms with Crippen LogP contribution in [0.3, 0.4) is 0 Å². The Morgan fingerprint density at radius 1 is 1.33 bits per heavy atom. The van der Waals surface area contributed by atoms with E-state index < -0.39 is 5.97 Å². The van der Waals surface area contributed by atoms with Crippen molar-refractivity contribution in [1.29, 1.82) is 0 Å². The Morgan fingerprint density at radius 3 is 2.67 bits per heavy atom. The SMILES string of the molecule is C=CCN1C(=O)/C(=C\c2ccc(C(=O)[O-])cc2)SC1=Nc1nnc(CC)s1. The number of nitrogens with zero attached hydrogens (tertiary/aromatic N) is 4.